The fourth-order valence-electron chi connectivity index (χ4n) is 1.55. The number of nitrogens with zero attached hydrogens (tertiary/aromatic N) is 2. The van der Waals surface area contributed by atoms with Gasteiger partial charge in [-0.05, 0) is 43.3 Å². The SMILES string of the molecule is C/C(=N/NC(=O)c1ccc(-n2cccc2)cc1)C(N)=O. The predicted molar refractivity (Wildman–Crippen MR) is 75.5 cm³/mol. The van der Waals surface area contributed by atoms with E-state index in [2.05, 4.69) is 10.5 Å². The molecule has 0 saturated carbocycles. The van der Waals surface area contributed by atoms with Gasteiger partial charge in [0.1, 0.15) is 5.71 Å². The van der Waals surface area contributed by atoms with Crippen LogP contribution in [0.4, 0.5) is 0 Å². The third kappa shape index (κ3) is 3.11. The first-order valence-corrected chi connectivity index (χ1v) is 5.96. The number of hydrazone groups is 1. The fourth-order valence-corrected chi connectivity index (χ4v) is 1.55. The van der Waals surface area contributed by atoms with E-state index in [4.69, 9.17) is 5.73 Å². The van der Waals surface area contributed by atoms with Crippen molar-refractivity contribution in [1.29, 1.82) is 0 Å². The van der Waals surface area contributed by atoms with E-state index in [-0.39, 0.29) is 5.71 Å². The maximum Gasteiger partial charge on any atom is 0.271 e. The maximum atomic E-state index is 11.8. The standard InChI is InChI=1S/C14H14N4O2/c1-10(13(15)19)16-17-14(20)11-4-6-12(7-5-11)18-8-2-3-9-18/h2-9H,1H3,(H2,15,19)(H,17,20)/b16-10-. The fraction of sp³-hybridized carbons (Fsp3) is 0.0714. The minimum atomic E-state index is -0.673. The third-order valence-electron chi connectivity index (χ3n) is 2.71. The van der Waals surface area contributed by atoms with Crippen molar-refractivity contribution in [3.63, 3.8) is 0 Å². The lowest BCUT2D eigenvalue weighted by atomic mass is 10.2. The molecule has 0 aliphatic carbocycles. The van der Waals surface area contributed by atoms with Crippen molar-refractivity contribution in [3.8, 4) is 5.69 Å². The number of hydrogen-bond donors (Lipinski definition) is 2. The molecule has 0 spiro atoms. The van der Waals surface area contributed by atoms with Crippen LogP contribution >= 0.6 is 0 Å². The molecule has 0 saturated heterocycles. The molecule has 0 fully saturated rings. The Morgan fingerprint density at radius 1 is 1.15 bits per heavy atom. The monoisotopic (exact) mass is 270 g/mol. The Kier molecular flexibility index (Phi) is 3.95. The van der Waals surface area contributed by atoms with E-state index in [0.717, 1.165) is 5.69 Å². The average molecular weight is 270 g/mol. The molecule has 0 atom stereocenters. The van der Waals surface area contributed by atoms with Crippen molar-refractivity contribution < 1.29 is 9.59 Å². The Morgan fingerprint density at radius 3 is 2.30 bits per heavy atom. The van der Waals surface area contributed by atoms with Gasteiger partial charge in [0.05, 0.1) is 0 Å². The number of benzene rings is 1. The lowest BCUT2D eigenvalue weighted by molar-refractivity contribution is -0.112. The summed E-state index contributed by atoms with van der Waals surface area (Å²) in [7, 11) is 0. The van der Waals surface area contributed by atoms with Gasteiger partial charge in [-0.3, -0.25) is 9.59 Å². The molecule has 102 valence electrons. The molecule has 0 aliphatic rings. The normalized spacial score (nSPS) is 11.2. The van der Waals surface area contributed by atoms with E-state index in [1.165, 1.54) is 6.92 Å². The molecule has 2 aromatic rings. The molecule has 1 heterocycles. The molecule has 6 nitrogen and oxygen atoms in total. The summed E-state index contributed by atoms with van der Waals surface area (Å²) in [5.41, 5.74) is 8.72. The van der Waals surface area contributed by atoms with Crippen molar-refractivity contribution in [3.05, 3.63) is 54.4 Å². The Labute approximate surface area is 115 Å². The second-order valence-corrected chi connectivity index (χ2v) is 4.14. The van der Waals surface area contributed by atoms with Gasteiger partial charge in [0.15, 0.2) is 0 Å². The highest BCUT2D eigenvalue weighted by atomic mass is 16.2. The quantitative estimate of drug-likeness (QED) is 0.642. The van der Waals surface area contributed by atoms with Gasteiger partial charge in [-0.15, -0.1) is 0 Å². The molecule has 2 amide bonds. The molecule has 1 aromatic carbocycles. The van der Waals surface area contributed by atoms with Gasteiger partial charge in [-0.1, -0.05) is 0 Å². The zero-order valence-corrected chi connectivity index (χ0v) is 10.9. The molecule has 0 unspecified atom stereocenters. The van der Waals surface area contributed by atoms with Crippen LogP contribution in [0.2, 0.25) is 0 Å². The molecule has 1 aromatic heterocycles. The van der Waals surface area contributed by atoms with Crippen LogP contribution in [-0.4, -0.2) is 22.1 Å². The Balaban J connectivity index is 2.08. The topological polar surface area (TPSA) is 89.5 Å². The van der Waals surface area contributed by atoms with Gasteiger partial charge in [-0.25, -0.2) is 5.43 Å². The number of rotatable bonds is 4. The summed E-state index contributed by atoms with van der Waals surface area (Å²) in [5, 5.41) is 3.61. The lowest BCUT2D eigenvalue weighted by Crippen LogP contribution is -2.26. The highest BCUT2D eigenvalue weighted by Gasteiger charge is 2.06. The second-order valence-electron chi connectivity index (χ2n) is 4.14. The van der Waals surface area contributed by atoms with Gasteiger partial charge in [-0.2, -0.15) is 5.10 Å². The first-order chi connectivity index (χ1) is 9.58. The highest BCUT2D eigenvalue weighted by Crippen LogP contribution is 2.09. The van der Waals surface area contributed by atoms with Gasteiger partial charge in [0, 0.05) is 23.6 Å². The first-order valence-electron chi connectivity index (χ1n) is 5.96. The van der Waals surface area contributed by atoms with Crippen LogP contribution in [0.15, 0.2) is 53.9 Å². The summed E-state index contributed by atoms with van der Waals surface area (Å²) in [6.07, 6.45) is 3.82. The van der Waals surface area contributed by atoms with E-state index in [1.54, 1.807) is 12.1 Å². The molecule has 3 N–H and O–H groups in total. The van der Waals surface area contributed by atoms with Crippen LogP contribution in [0.5, 0.6) is 0 Å². The predicted octanol–water partition coefficient (Wildman–Crippen LogP) is 1.07. The number of primary amides is 1. The van der Waals surface area contributed by atoms with Gasteiger partial charge >= 0.3 is 0 Å². The first kappa shape index (κ1) is 13.5. The van der Waals surface area contributed by atoms with Gasteiger partial charge in [0.25, 0.3) is 11.8 Å². The number of carbonyl (C=O) groups is 2. The maximum absolute atomic E-state index is 11.8. The Morgan fingerprint density at radius 2 is 1.75 bits per heavy atom. The highest BCUT2D eigenvalue weighted by molar-refractivity contribution is 6.37. The van der Waals surface area contributed by atoms with Crippen molar-refractivity contribution in [1.82, 2.24) is 9.99 Å². The molecule has 6 heteroatoms. The summed E-state index contributed by atoms with van der Waals surface area (Å²) in [6.45, 7) is 1.43. The van der Waals surface area contributed by atoms with Crippen LogP contribution in [0.1, 0.15) is 17.3 Å². The van der Waals surface area contributed by atoms with E-state index in [1.807, 2.05) is 41.2 Å². The molecule has 0 radical (unpaired) electrons. The smallest absolute Gasteiger partial charge is 0.271 e. The number of amides is 2. The minimum absolute atomic E-state index is 0.0438. The second kappa shape index (κ2) is 5.83. The molecule has 20 heavy (non-hydrogen) atoms. The van der Waals surface area contributed by atoms with Crippen LogP contribution in [0.25, 0.3) is 5.69 Å². The van der Waals surface area contributed by atoms with E-state index in [0.29, 0.717) is 5.56 Å². The zero-order chi connectivity index (χ0) is 14.5. The van der Waals surface area contributed by atoms with E-state index < -0.39 is 11.8 Å². The number of hydrogen-bond acceptors (Lipinski definition) is 3. The zero-order valence-electron chi connectivity index (χ0n) is 10.9. The third-order valence-corrected chi connectivity index (χ3v) is 2.71. The summed E-state index contributed by atoms with van der Waals surface area (Å²) >= 11 is 0. The molecule has 0 aliphatic heterocycles. The largest absolute Gasteiger partial charge is 0.365 e. The number of carbonyl (C=O) groups excluding carboxylic acids is 2. The minimum Gasteiger partial charge on any atom is -0.365 e. The molecular formula is C14H14N4O2. The van der Waals surface area contributed by atoms with Crippen molar-refractivity contribution in [2.24, 2.45) is 10.8 Å². The van der Waals surface area contributed by atoms with Crippen LogP contribution in [0.3, 0.4) is 0 Å². The van der Waals surface area contributed by atoms with E-state index in [9.17, 15) is 9.59 Å². The molecule has 2 rings (SSSR count). The van der Waals surface area contributed by atoms with E-state index >= 15 is 0 Å². The summed E-state index contributed by atoms with van der Waals surface area (Å²) in [6, 6.07) is 10.8. The van der Waals surface area contributed by atoms with Crippen LogP contribution in [-0.2, 0) is 4.79 Å². The Bertz CT molecular complexity index is 642. The molecule has 0 bridgehead atoms. The van der Waals surface area contributed by atoms with Crippen LogP contribution in [0, 0.1) is 0 Å². The van der Waals surface area contributed by atoms with Gasteiger partial charge in [0.2, 0.25) is 0 Å². The average Bonchev–Trinajstić information content (AvgIpc) is 2.98. The summed E-state index contributed by atoms with van der Waals surface area (Å²) in [5.74, 6) is -1.07. The number of nitrogens with one attached hydrogen (secondary N) is 1. The molecular weight excluding hydrogens is 256 g/mol. The number of nitrogens with two attached hydrogens (primary N) is 1. The van der Waals surface area contributed by atoms with Gasteiger partial charge < -0.3 is 10.3 Å². The van der Waals surface area contributed by atoms with Crippen molar-refractivity contribution in [2.75, 3.05) is 0 Å². The number of aromatic nitrogens is 1. The lowest BCUT2D eigenvalue weighted by Gasteiger charge is -2.04. The Hall–Kier alpha value is -2.89. The summed E-state index contributed by atoms with van der Waals surface area (Å²) in [4.78, 5) is 22.6. The van der Waals surface area contributed by atoms with Crippen LogP contribution < -0.4 is 11.2 Å². The summed E-state index contributed by atoms with van der Waals surface area (Å²) < 4.78 is 1.93. The van der Waals surface area contributed by atoms with Crippen molar-refractivity contribution >= 4 is 17.5 Å². The van der Waals surface area contributed by atoms with Crippen molar-refractivity contribution in [2.45, 2.75) is 6.92 Å².